The lowest BCUT2D eigenvalue weighted by atomic mass is 10.1. The molecule has 4 N–H and O–H groups in total. The predicted octanol–water partition coefficient (Wildman–Crippen LogP) is 9.37. The van der Waals surface area contributed by atoms with E-state index in [1.54, 1.807) is 62.4 Å². The van der Waals surface area contributed by atoms with Gasteiger partial charge in [0, 0.05) is 69.0 Å². The minimum atomic E-state index is -0.827. The fraction of sp³-hybridized carbons (Fsp3) is 0.222. The van der Waals surface area contributed by atoms with E-state index in [2.05, 4.69) is 34.4 Å². The highest BCUT2D eigenvalue weighted by atomic mass is 32.2. The second kappa shape index (κ2) is 25.3. The molecule has 0 radical (unpaired) electrons. The summed E-state index contributed by atoms with van der Waals surface area (Å²) >= 11 is 1.14. The van der Waals surface area contributed by atoms with Crippen LogP contribution in [0.3, 0.4) is 0 Å². The van der Waals surface area contributed by atoms with Crippen LogP contribution in [0.15, 0.2) is 143 Å². The molecule has 71 heavy (non-hydrogen) atoms. The van der Waals surface area contributed by atoms with Gasteiger partial charge in [0.05, 0.1) is 35.5 Å². The Bertz CT molecular complexity index is 2840. The van der Waals surface area contributed by atoms with Crippen LogP contribution in [0.2, 0.25) is 0 Å². The van der Waals surface area contributed by atoms with E-state index in [0.29, 0.717) is 32.4 Å². The highest BCUT2D eigenvalue weighted by Gasteiger charge is 2.23. The first-order valence-electron chi connectivity index (χ1n) is 22.3. The maximum atomic E-state index is 14.0. The van der Waals surface area contributed by atoms with Crippen molar-refractivity contribution in [2.45, 2.75) is 69.5 Å². The fourth-order valence-corrected chi connectivity index (χ4v) is 7.20. The summed E-state index contributed by atoms with van der Waals surface area (Å²) < 4.78 is 21.4. The van der Waals surface area contributed by atoms with E-state index >= 15 is 0 Å². The lowest BCUT2D eigenvalue weighted by molar-refractivity contribution is -0.144. The first-order chi connectivity index (χ1) is 33.8. The Morgan fingerprint density at radius 3 is 1.27 bits per heavy atom. The van der Waals surface area contributed by atoms with Crippen LogP contribution < -0.4 is 21.3 Å². The Labute approximate surface area is 415 Å². The minimum Gasteiger partial charge on any atom is -0.462 e. The number of anilines is 3. The van der Waals surface area contributed by atoms with Gasteiger partial charge < -0.3 is 40.2 Å². The van der Waals surface area contributed by atoms with Crippen molar-refractivity contribution in [2.24, 2.45) is 0 Å². The number of hydrogen-bond acceptors (Lipinski definition) is 13. The molecule has 0 aliphatic carbocycles. The van der Waals surface area contributed by atoms with E-state index in [1.165, 1.54) is 69.4 Å². The number of esters is 4. The fourth-order valence-electron chi connectivity index (χ4n) is 6.30. The summed E-state index contributed by atoms with van der Waals surface area (Å²) in [5.41, 5.74) is 3.43. The molecule has 5 aromatic carbocycles. The van der Waals surface area contributed by atoms with Gasteiger partial charge in [-0.25, -0.2) is 19.2 Å². The Kier molecular flexibility index (Phi) is 19.1. The third-order valence-electron chi connectivity index (χ3n) is 10.3. The third-order valence-corrected chi connectivity index (χ3v) is 11.3. The van der Waals surface area contributed by atoms with E-state index in [0.717, 1.165) is 17.3 Å². The Balaban J connectivity index is 1.30. The Morgan fingerprint density at radius 2 is 0.873 bits per heavy atom. The van der Waals surface area contributed by atoms with Crippen molar-refractivity contribution in [1.82, 2.24) is 5.32 Å². The van der Waals surface area contributed by atoms with Gasteiger partial charge in [-0.15, -0.1) is 0 Å². The monoisotopic (exact) mass is 982 g/mol. The third kappa shape index (κ3) is 15.9. The van der Waals surface area contributed by atoms with Crippen LogP contribution in [0, 0.1) is 6.92 Å². The Morgan fingerprint density at radius 1 is 0.507 bits per heavy atom. The first kappa shape index (κ1) is 53.6. The van der Waals surface area contributed by atoms with Gasteiger partial charge in [-0.2, -0.15) is 0 Å². The maximum Gasteiger partial charge on any atom is 0.338 e. The molecule has 0 aliphatic rings. The van der Waals surface area contributed by atoms with Crippen molar-refractivity contribution < 1.29 is 57.3 Å². The smallest absolute Gasteiger partial charge is 0.338 e. The molecule has 368 valence electrons. The molecule has 16 nitrogen and oxygen atoms in total. The summed E-state index contributed by atoms with van der Waals surface area (Å²) in [5, 5.41) is 10.9. The number of carbonyl (C=O) groups is 8. The molecule has 0 spiro atoms. The van der Waals surface area contributed by atoms with Crippen molar-refractivity contribution in [1.29, 1.82) is 0 Å². The molecular formula is C54H54N4O12S. The first-order valence-corrected chi connectivity index (χ1v) is 23.1. The zero-order chi connectivity index (χ0) is 51.8. The number of benzene rings is 5. The molecule has 17 heteroatoms. The Hall–Kier alpha value is -8.31. The molecule has 0 fully saturated rings. The van der Waals surface area contributed by atoms with Crippen LogP contribution in [0.5, 0.6) is 0 Å². The number of ether oxygens (including phenoxy) is 4. The van der Waals surface area contributed by atoms with Gasteiger partial charge in [0.2, 0.25) is 0 Å². The molecule has 2 unspecified atom stereocenters. The highest BCUT2D eigenvalue weighted by Crippen LogP contribution is 2.32. The minimum absolute atomic E-state index is 0.0132. The zero-order valence-electron chi connectivity index (χ0n) is 40.1. The summed E-state index contributed by atoms with van der Waals surface area (Å²) in [7, 11) is 1.41. The quantitative estimate of drug-likeness (QED) is 0.0306. The molecule has 0 bridgehead atoms. The summed E-state index contributed by atoms with van der Waals surface area (Å²) in [6.07, 6.45) is -0.788. The number of rotatable bonds is 21. The van der Waals surface area contributed by atoms with Crippen molar-refractivity contribution in [3.63, 3.8) is 0 Å². The summed E-state index contributed by atoms with van der Waals surface area (Å²) in [5.74, 6) is -4.71. The summed E-state index contributed by atoms with van der Waals surface area (Å²) in [6, 6.07) is 28.8. The van der Waals surface area contributed by atoms with Gasteiger partial charge in [0.1, 0.15) is 12.2 Å². The molecule has 0 heterocycles. The second-order valence-corrected chi connectivity index (χ2v) is 17.5. The molecule has 5 aromatic rings. The van der Waals surface area contributed by atoms with Crippen LogP contribution >= 0.6 is 11.8 Å². The average molecular weight is 983 g/mol. The summed E-state index contributed by atoms with van der Waals surface area (Å²) in [6.45, 7) is 15.1. The van der Waals surface area contributed by atoms with E-state index in [-0.39, 0.29) is 70.9 Å². The lowest BCUT2D eigenvalue weighted by Gasteiger charge is -2.15. The van der Waals surface area contributed by atoms with E-state index in [1.807, 2.05) is 19.1 Å². The highest BCUT2D eigenvalue weighted by molar-refractivity contribution is 7.99. The number of carbonyl (C=O) groups excluding carboxylic acids is 8. The maximum absolute atomic E-state index is 14.0. The lowest BCUT2D eigenvalue weighted by Crippen LogP contribution is -2.23. The number of aryl methyl sites for hydroxylation is 1. The number of nitrogens with one attached hydrogen (secondary N) is 4. The van der Waals surface area contributed by atoms with Gasteiger partial charge in [-0.3, -0.25) is 19.2 Å². The van der Waals surface area contributed by atoms with Gasteiger partial charge in [-0.1, -0.05) is 42.6 Å². The van der Waals surface area contributed by atoms with Gasteiger partial charge >= 0.3 is 23.9 Å². The topological polar surface area (TPSA) is 222 Å². The van der Waals surface area contributed by atoms with E-state index < -0.39 is 53.8 Å². The van der Waals surface area contributed by atoms with Crippen LogP contribution in [0.1, 0.15) is 108 Å². The normalized spacial score (nSPS) is 11.4. The number of amides is 4. The largest absolute Gasteiger partial charge is 0.462 e. The van der Waals surface area contributed by atoms with Crippen molar-refractivity contribution in [3.8, 4) is 0 Å². The van der Waals surface area contributed by atoms with Gasteiger partial charge in [0.15, 0.2) is 0 Å². The average Bonchev–Trinajstić information content (AvgIpc) is 3.34. The van der Waals surface area contributed by atoms with Crippen LogP contribution in [0.4, 0.5) is 17.1 Å². The van der Waals surface area contributed by atoms with E-state index in [4.69, 9.17) is 18.9 Å². The standard InChI is InChI=1S/C54H54N4O12S/c1-31(2)51(63)69-34(6)25-27-67-53(65)43-23-21-41(29-45(43)49(61)55-8)71-42-22-24-44(54(66)68-28-26-35(7)70-52(64)32(3)4)46(30-42)50(62)58-38-15-13-37(14-16-38)48(60)57-40-19-17-39(18-20-40)56-47(59)36-11-9-33(5)10-12-36/h9-24,29-30,34-35H,1,3,25-28H2,2,4-8H3,(H,55,61)(H,56,59)(H,57,60)(H,58,62). The van der Waals surface area contributed by atoms with Crippen LogP contribution in [0.25, 0.3) is 0 Å². The molecule has 0 aliphatic heterocycles. The SMILES string of the molecule is C=C(C)C(=O)OC(C)CCOC(=O)c1ccc(Sc2ccc(C(=O)OCCC(C)OC(=O)C(=C)C)c(C(=O)Nc3ccc(C(=O)Nc4ccc(NC(=O)c5ccc(C)cc5)cc4)cc3)c2)cc1C(=O)NC. The number of hydrogen-bond donors (Lipinski definition) is 4. The van der Waals surface area contributed by atoms with Crippen molar-refractivity contribution >= 4 is 76.3 Å². The van der Waals surface area contributed by atoms with Crippen molar-refractivity contribution in [2.75, 3.05) is 36.2 Å². The molecule has 5 rings (SSSR count). The van der Waals surface area contributed by atoms with E-state index in [9.17, 15) is 38.4 Å². The molecule has 0 saturated carbocycles. The van der Waals surface area contributed by atoms with Crippen LogP contribution in [-0.2, 0) is 28.5 Å². The molecular weight excluding hydrogens is 929 g/mol. The zero-order valence-corrected chi connectivity index (χ0v) is 40.9. The molecule has 2 atom stereocenters. The van der Waals surface area contributed by atoms with Gasteiger partial charge in [-0.05, 0) is 132 Å². The van der Waals surface area contributed by atoms with Gasteiger partial charge in [0.25, 0.3) is 23.6 Å². The summed E-state index contributed by atoms with van der Waals surface area (Å²) in [4.78, 5) is 104. The molecule has 4 amide bonds. The molecule has 0 aromatic heterocycles. The molecule has 0 saturated heterocycles. The van der Waals surface area contributed by atoms with Crippen molar-refractivity contribution in [3.05, 3.63) is 172 Å². The van der Waals surface area contributed by atoms with Crippen LogP contribution in [-0.4, -0.2) is 80.0 Å². The second-order valence-electron chi connectivity index (χ2n) is 16.3. The predicted molar refractivity (Wildman–Crippen MR) is 269 cm³/mol.